The smallest absolute Gasteiger partial charge is 0.335 e. The fraction of sp³-hybridized carbons (Fsp3) is 0.357. The van der Waals surface area contributed by atoms with E-state index in [2.05, 4.69) is 4.90 Å². The van der Waals surface area contributed by atoms with Crippen molar-refractivity contribution < 1.29 is 29.0 Å². The Labute approximate surface area is 217 Å². The topological polar surface area (TPSA) is 139 Å². The molecule has 0 amide bonds. The third-order valence-corrected chi connectivity index (χ3v) is 7.41. The lowest BCUT2D eigenvalue weighted by Crippen LogP contribution is -2.46. The second kappa shape index (κ2) is 10.3. The zero-order valence-electron chi connectivity index (χ0n) is 20.8. The van der Waals surface area contributed by atoms with Crippen LogP contribution < -0.4 is 11.0 Å². The number of piperidine rings is 1. The number of rotatable bonds is 7. The van der Waals surface area contributed by atoms with Crippen LogP contribution in [-0.4, -0.2) is 51.8 Å². The van der Waals surface area contributed by atoms with E-state index in [0.29, 0.717) is 31.0 Å². The van der Waals surface area contributed by atoms with E-state index in [9.17, 15) is 29.4 Å². The van der Waals surface area contributed by atoms with Crippen molar-refractivity contribution in [1.82, 2.24) is 9.47 Å². The molecule has 5 rings (SSSR count). The van der Waals surface area contributed by atoms with Gasteiger partial charge in [0.05, 0.1) is 31.6 Å². The number of pyridine rings is 1. The van der Waals surface area contributed by atoms with Crippen LogP contribution in [0.15, 0.2) is 62.5 Å². The molecule has 2 bridgehead atoms. The summed E-state index contributed by atoms with van der Waals surface area (Å²) in [6.07, 6.45) is 0.764. The van der Waals surface area contributed by atoms with E-state index >= 15 is 0 Å². The molecule has 2 N–H and O–H groups in total. The molecule has 3 aromatic rings. The van der Waals surface area contributed by atoms with Crippen LogP contribution in [0, 0.1) is 5.92 Å². The number of hydrogen-bond acceptors (Lipinski definition) is 8. The van der Waals surface area contributed by atoms with Crippen molar-refractivity contribution in [3.63, 3.8) is 0 Å². The highest BCUT2D eigenvalue weighted by atomic mass is 16.5. The lowest BCUT2D eigenvalue weighted by atomic mass is 9.83. The highest BCUT2D eigenvalue weighted by Gasteiger charge is 2.35. The maximum Gasteiger partial charge on any atom is 0.335 e. The summed E-state index contributed by atoms with van der Waals surface area (Å²) in [5.74, 6) is -2.42. The lowest BCUT2D eigenvalue weighted by Gasteiger charge is -2.42. The molecule has 1 fully saturated rings. The van der Waals surface area contributed by atoms with Crippen molar-refractivity contribution >= 4 is 11.9 Å². The van der Waals surface area contributed by atoms with Crippen molar-refractivity contribution in [2.75, 3.05) is 20.2 Å². The maximum absolute atomic E-state index is 12.8. The number of carboxylic acid groups (broad SMARTS) is 1. The molecule has 0 aliphatic carbocycles. The number of benzene rings is 1. The molecule has 4 heterocycles. The maximum atomic E-state index is 12.8. The van der Waals surface area contributed by atoms with Crippen molar-refractivity contribution in [1.29, 1.82) is 0 Å². The van der Waals surface area contributed by atoms with Crippen LogP contribution in [-0.2, 0) is 22.6 Å². The van der Waals surface area contributed by atoms with Crippen LogP contribution in [0.4, 0.5) is 0 Å². The number of likely N-dealkylation sites (tertiary alicyclic amines) is 1. The molecule has 2 aliphatic rings. The van der Waals surface area contributed by atoms with Gasteiger partial charge < -0.3 is 23.9 Å². The van der Waals surface area contributed by atoms with Gasteiger partial charge in [0.2, 0.25) is 11.2 Å². The number of esters is 1. The van der Waals surface area contributed by atoms with Crippen molar-refractivity contribution in [2.24, 2.45) is 5.92 Å². The number of aromatic carboxylic acids is 1. The lowest BCUT2D eigenvalue weighted by molar-refractivity contribution is -0.140. The number of carbonyl (C=O) groups is 2. The predicted molar refractivity (Wildman–Crippen MR) is 135 cm³/mol. The average molecular weight is 521 g/mol. The first kappa shape index (κ1) is 25.5. The Morgan fingerprint density at radius 3 is 2.58 bits per heavy atom. The van der Waals surface area contributed by atoms with Crippen molar-refractivity contribution in [2.45, 2.75) is 37.8 Å². The summed E-state index contributed by atoms with van der Waals surface area (Å²) in [4.78, 5) is 50.8. The molecule has 10 nitrogen and oxygen atoms in total. The number of ether oxygens (including phenoxy) is 1. The predicted octanol–water partition coefficient (Wildman–Crippen LogP) is 2.52. The summed E-state index contributed by atoms with van der Waals surface area (Å²) in [6.45, 7) is 2.36. The van der Waals surface area contributed by atoms with Gasteiger partial charge in [-0.2, -0.15) is 0 Å². The quantitative estimate of drug-likeness (QED) is 0.450. The third-order valence-electron chi connectivity index (χ3n) is 7.41. The van der Waals surface area contributed by atoms with Gasteiger partial charge in [0.1, 0.15) is 5.76 Å². The number of carbonyl (C=O) groups excluding carboxylic acids is 1. The van der Waals surface area contributed by atoms with Crippen LogP contribution >= 0.6 is 0 Å². The van der Waals surface area contributed by atoms with Gasteiger partial charge in [-0.25, -0.2) is 4.79 Å². The fourth-order valence-electron chi connectivity index (χ4n) is 5.68. The SMILES string of the molecule is COC(=O)C[C@H](c1ccc(C(=O)O)cc1)c1oc(CN2C[C@@H]3C[C@H](C2)c2cccc(=O)n2C3)cc(=O)c1O. The number of aromatic nitrogens is 1. The zero-order valence-corrected chi connectivity index (χ0v) is 20.8. The standard InChI is InChI=1S/C28H28N2O8/c1-37-25(33)11-21(17-5-7-18(8-6-17)28(35)36)27-26(34)23(31)10-20(38-27)15-29-12-16-9-19(14-29)22-3-2-4-24(32)30(22)13-16/h2-8,10,16,19,21,34H,9,11-15H2,1H3,(H,35,36)/t16-,19+,21+/m0/s1. The van der Waals surface area contributed by atoms with Gasteiger partial charge in [0.25, 0.3) is 5.56 Å². The first-order valence-electron chi connectivity index (χ1n) is 12.4. The molecule has 198 valence electrons. The minimum atomic E-state index is -1.10. The summed E-state index contributed by atoms with van der Waals surface area (Å²) >= 11 is 0. The van der Waals surface area contributed by atoms with Gasteiger partial charge in [-0.1, -0.05) is 18.2 Å². The number of carboxylic acids is 1. The Morgan fingerprint density at radius 2 is 1.87 bits per heavy atom. The Bertz CT molecular complexity index is 1490. The first-order valence-corrected chi connectivity index (χ1v) is 12.4. The number of hydrogen-bond donors (Lipinski definition) is 2. The molecular formula is C28H28N2O8. The third kappa shape index (κ3) is 4.99. The molecule has 3 atom stereocenters. The van der Waals surface area contributed by atoms with Gasteiger partial charge in [-0.05, 0) is 36.1 Å². The summed E-state index contributed by atoms with van der Waals surface area (Å²) in [6, 6.07) is 12.4. The van der Waals surface area contributed by atoms with Crippen molar-refractivity contribution in [3.05, 3.63) is 97.4 Å². The van der Waals surface area contributed by atoms with E-state index in [4.69, 9.17) is 9.15 Å². The Kier molecular flexibility index (Phi) is 6.90. The van der Waals surface area contributed by atoms with Crippen LogP contribution in [0.1, 0.15) is 57.8 Å². The summed E-state index contributed by atoms with van der Waals surface area (Å²) < 4.78 is 12.7. The van der Waals surface area contributed by atoms with Gasteiger partial charge in [0.15, 0.2) is 5.76 Å². The average Bonchev–Trinajstić information content (AvgIpc) is 2.90. The van der Waals surface area contributed by atoms with E-state index in [-0.39, 0.29) is 35.1 Å². The van der Waals surface area contributed by atoms with Crippen molar-refractivity contribution in [3.8, 4) is 5.75 Å². The molecule has 38 heavy (non-hydrogen) atoms. The van der Waals surface area contributed by atoms with Gasteiger partial charge in [0, 0.05) is 43.4 Å². The summed E-state index contributed by atoms with van der Waals surface area (Å²) in [5.41, 5.74) is 0.935. The van der Waals surface area contributed by atoms with E-state index in [1.54, 1.807) is 12.1 Å². The normalized spacial score (nSPS) is 19.4. The van der Waals surface area contributed by atoms with Gasteiger partial charge in [-0.3, -0.25) is 19.3 Å². The van der Waals surface area contributed by atoms with Crippen LogP contribution in [0.3, 0.4) is 0 Å². The molecule has 1 saturated heterocycles. The van der Waals surface area contributed by atoms with Crippen LogP contribution in [0.5, 0.6) is 5.75 Å². The molecule has 10 heteroatoms. The highest BCUT2D eigenvalue weighted by Crippen LogP contribution is 2.37. The van der Waals surface area contributed by atoms with Crippen LogP contribution in [0.25, 0.3) is 0 Å². The van der Waals surface area contributed by atoms with E-state index in [0.717, 1.165) is 18.7 Å². The van der Waals surface area contributed by atoms with Gasteiger partial charge >= 0.3 is 11.9 Å². The molecule has 0 unspecified atom stereocenters. The van der Waals surface area contributed by atoms with E-state index < -0.39 is 29.0 Å². The Hall–Kier alpha value is -4.18. The Morgan fingerprint density at radius 1 is 1.11 bits per heavy atom. The van der Waals surface area contributed by atoms with Gasteiger partial charge in [-0.15, -0.1) is 0 Å². The molecule has 0 spiro atoms. The first-order chi connectivity index (χ1) is 18.2. The van der Waals surface area contributed by atoms with E-state index in [1.807, 2.05) is 10.6 Å². The minimum absolute atomic E-state index is 0.00728. The zero-order chi connectivity index (χ0) is 27.0. The molecule has 2 aromatic heterocycles. The molecule has 1 aromatic carbocycles. The second-order valence-corrected chi connectivity index (χ2v) is 9.94. The number of aromatic hydroxyl groups is 1. The second-order valence-electron chi connectivity index (χ2n) is 9.94. The molecule has 2 aliphatic heterocycles. The summed E-state index contributed by atoms with van der Waals surface area (Å²) in [5, 5.41) is 19.9. The number of fused-ring (bicyclic) bond motifs is 4. The van der Waals surface area contributed by atoms with E-state index in [1.165, 1.54) is 37.4 Å². The van der Waals surface area contributed by atoms with Crippen LogP contribution in [0.2, 0.25) is 0 Å². The highest BCUT2D eigenvalue weighted by molar-refractivity contribution is 5.87. The monoisotopic (exact) mass is 520 g/mol. The number of methoxy groups -OCH3 is 1. The number of nitrogens with zero attached hydrogens (tertiary/aromatic N) is 2. The summed E-state index contributed by atoms with van der Waals surface area (Å²) in [7, 11) is 1.23. The molecule has 0 radical (unpaired) electrons. The molecule has 0 saturated carbocycles. The largest absolute Gasteiger partial charge is 0.502 e. The molecular weight excluding hydrogens is 492 g/mol. The fourth-order valence-corrected chi connectivity index (χ4v) is 5.68. The minimum Gasteiger partial charge on any atom is -0.502 e. The Balaban J connectivity index is 1.45.